The molecule has 2 atom stereocenters. The summed E-state index contributed by atoms with van der Waals surface area (Å²) < 4.78 is 0. The minimum atomic E-state index is 0.0996. The maximum atomic E-state index is 6.38. The third-order valence-electron chi connectivity index (χ3n) is 3.25. The molecule has 0 aliphatic heterocycles. The molecule has 2 heteroatoms. The van der Waals surface area contributed by atoms with Gasteiger partial charge in [-0.2, -0.15) is 0 Å². The zero-order chi connectivity index (χ0) is 9.90. The predicted octanol–water partition coefficient (Wildman–Crippen LogP) is 1.85. The van der Waals surface area contributed by atoms with E-state index in [1.807, 2.05) is 0 Å². The van der Waals surface area contributed by atoms with Gasteiger partial charge in [-0.1, -0.05) is 26.7 Å². The Morgan fingerprint density at radius 1 is 1.54 bits per heavy atom. The number of hydrogen-bond donors (Lipinski definition) is 1. The van der Waals surface area contributed by atoms with Gasteiger partial charge in [0.05, 0.1) is 0 Å². The first-order valence-electron chi connectivity index (χ1n) is 5.53. The van der Waals surface area contributed by atoms with Crippen LogP contribution >= 0.6 is 0 Å². The van der Waals surface area contributed by atoms with Crippen molar-refractivity contribution >= 4 is 0 Å². The molecule has 13 heavy (non-hydrogen) atoms. The molecule has 1 fully saturated rings. The van der Waals surface area contributed by atoms with E-state index >= 15 is 0 Å². The van der Waals surface area contributed by atoms with E-state index < -0.39 is 0 Å². The summed E-state index contributed by atoms with van der Waals surface area (Å²) in [6.07, 6.45) is 5.10. The summed E-state index contributed by atoms with van der Waals surface area (Å²) in [5.74, 6) is 0.823. The van der Waals surface area contributed by atoms with Crippen molar-refractivity contribution in [2.75, 3.05) is 20.1 Å². The van der Waals surface area contributed by atoms with Crippen molar-refractivity contribution in [2.45, 2.75) is 45.1 Å². The molecule has 0 aromatic rings. The Kier molecular flexibility index (Phi) is 3.74. The van der Waals surface area contributed by atoms with Crippen LogP contribution in [0.2, 0.25) is 0 Å². The quantitative estimate of drug-likeness (QED) is 0.725. The monoisotopic (exact) mass is 184 g/mol. The van der Waals surface area contributed by atoms with Crippen LogP contribution in [0.3, 0.4) is 0 Å². The van der Waals surface area contributed by atoms with Gasteiger partial charge in [0.25, 0.3) is 0 Å². The van der Waals surface area contributed by atoms with E-state index in [0.717, 1.165) is 19.0 Å². The third kappa shape index (κ3) is 3.28. The fraction of sp³-hybridized carbons (Fsp3) is 1.00. The van der Waals surface area contributed by atoms with Crippen LogP contribution in [0.4, 0.5) is 0 Å². The van der Waals surface area contributed by atoms with Gasteiger partial charge >= 0.3 is 0 Å². The molecule has 1 rings (SSSR count). The predicted molar refractivity (Wildman–Crippen MR) is 57.7 cm³/mol. The van der Waals surface area contributed by atoms with E-state index in [2.05, 4.69) is 25.8 Å². The van der Waals surface area contributed by atoms with Crippen LogP contribution in [-0.2, 0) is 0 Å². The van der Waals surface area contributed by atoms with Crippen LogP contribution in [0.15, 0.2) is 0 Å². The maximum Gasteiger partial charge on any atom is 0.0285 e. The van der Waals surface area contributed by atoms with Crippen molar-refractivity contribution in [2.24, 2.45) is 11.7 Å². The highest BCUT2D eigenvalue weighted by atomic mass is 15.1. The minimum Gasteiger partial charge on any atom is -0.324 e. The van der Waals surface area contributed by atoms with Crippen LogP contribution < -0.4 is 5.73 Å². The molecule has 0 amide bonds. The van der Waals surface area contributed by atoms with E-state index in [1.165, 1.54) is 25.7 Å². The van der Waals surface area contributed by atoms with Crippen molar-refractivity contribution < 1.29 is 0 Å². The molecular weight excluding hydrogens is 160 g/mol. The van der Waals surface area contributed by atoms with E-state index in [-0.39, 0.29) is 5.54 Å². The van der Waals surface area contributed by atoms with Gasteiger partial charge in [0.1, 0.15) is 0 Å². The Morgan fingerprint density at radius 3 is 2.77 bits per heavy atom. The molecule has 0 aromatic heterocycles. The standard InChI is InChI=1S/C11H24N2/c1-4-13(3)9-11(12)7-5-6-10(2)8-11/h10H,4-9,12H2,1-3H3. The molecule has 2 unspecified atom stereocenters. The molecule has 0 saturated heterocycles. The Bertz CT molecular complexity index is 158. The Morgan fingerprint density at radius 2 is 2.23 bits per heavy atom. The van der Waals surface area contributed by atoms with E-state index in [9.17, 15) is 0 Å². The highest BCUT2D eigenvalue weighted by molar-refractivity contribution is 4.91. The van der Waals surface area contributed by atoms with Crippen molar-refractivity contribution in [1.82, 2.24) is 4.90 Å². The summed E-state index contributed by atoms with van der Waals surface area (Å²) in [5.41, 5.74) is 6.48. The topological polar surface area (TPSA) is 29.3 Å². The fourth-order valence-electron chi connectivity index (χ4n) is 2.49. The molecule has 78 valence electrons. The summed E-state index contributed by atoms with van der Waals surface area (Å²) in [4.78, 5) is 2.33. The zero-order valence-corrected chi connectivity index (χ0v) is 9.34. The first-order valence-corrected chi connectivity index (χ1v) is 5.53. The third-order valence-corrected chi connectivity index (χ3v) is 3.25. The average molecular weight is 184 g/mol. The van der Waals surface area contributed by atoms with Crippen LogP contribution in [0.5, 0.6) is 0 Å². The van der Waals surface area contributed by atoms with Gasteiger partial charge in [-0.15, -0.1) is 0 Å². The van der Waals surface area contributed by atoms with Crippen molar-refractivity contribution in [3.63, 3.8) is 0 Å². The lowest BCUT2D eigenvalue weighted by Crippen LogP contribution is -2.51. The molecule has 1 aliphatic rings. The Balaban J connectivity index is 2.44. The van der Waals surface area contributed by atoms with Gasteiger partial charge in [0.15, 0.2) is 0 Å². The van der Waals surface area contributed by atoms with Crippen molar-refractivity contribution in [1.29, 1.82) is 0 Å². The molecule has 0 radical (unpaired) electrons. The smallest absolute Gasteiger partial charge is 0.0285 e. The number of hydrogen-bond acceptors (Lipinski definition) is 2. The number of nitrogens with two attached hydrogens (primary N) is 1. The SMILES string of the molecule is CCN(C)CC1(N)CCCC(C)C1. The Hall–Kier alpha value is -0.0800. The second-order valence-corrected chi connectivity index (χ2v) is 4.89. The molecule has 2 N–H and O–H groups in total. The molecule has 0 heterocycles. The van der Waals surface area contributed by atoms with Crippen LogP contribution in [0, 0.1) is 5.92 Å². The maximum absolute atomic E-state index is 6.38. The largest absolute Gasteiger partial charge is 0.324 e. The molecule has 0 aromatic carbocycles. The van der Waals surface area contributed by atoms with Crippen molar-refractivity contribution in [3.8, 4) is 0 Å². The molecule has 2 nitrogen and oxygen atoms in total. The minimum absolute atomic E-state index is 0.0996. The normalized spacial score (nSPS) is 35.3. The summed E-state index contributed by atoms with van der Waals surface area (Å²) in [5, 5.41) is 0. The van der Waals surface area contributed by atoms with E-state index in [4.69, 9.17) is 5.73 Å². The van der Waals surface area contributed by atoms with Gasteiger partial charge in [0, 0.05) is 12.1 Å². The summed E-state index contributed by atoms with van der Waals surface area (Å²) in [7, 11) is 2.16. The summed E-state index contributed by atoms with van der Waals surface area (Å²) in [6, 6.07) is 0. The van der Waals surface area contributed by atoms with Gasteiger partial charge in [-0.25, -0.2) is 0 Å². The van der Waals surface area contributed by atoms with Gasteiger partial charge in [-0.3, -0.25) is 0 Å². The average Bonchev–Trinajstić information content (AvgIpc) is 2.02. The van der Waals surface area contributed by atoms with Crippen LogP contribution in [-0.4, -0.2) is 30.6 Å². The lowest BCUT2D eigenvalue weighted by atomic mass is 9.77. The van der Waals surface area contributed by atoms with E-state index in [0.29, 0.717) is 0 Å². The lowest BCUT2D eigenvalue weighted by molar-refractivity contribution is 0.173. The number of nitrogens with zero attached hydrogens (tertiary/aromatic N) is 1. The zero-order valence-electron chi connectivity index (χ0n) is 9.34. The van der Waals surface area contributed by atoms with Gasteiger partial charge in [-0.05, 0) is 32.4 Å². The van der Waals surface area contributed by atoms with Gasteiger partial charge < -0.3 is 10.6 Å². The van der Waals surface area contributed by atoms with Crippen LogP contribution in [0.1, 0.15) is 39.5 Å². The highest BCUT2D eigenvalue weighted by Crippen LogP contribution is 2.30. The first-order chi connectivity index (χ1) is 6.06. The second-order valence-electron chi connectivity index (χ2n) is 4.89. The van der Waals surface area contributed by atoms with Crippen molar-refractivity contribution in [3.05, 3.63) is 0 Å². The first kappa shape index (κ1) is 11.0. The summed E-state index contributed by atoms with van der Waals surface area (Å²) >= 11 is 0. The molecule has 1 saturated carbocycles. The highest BCUT2D eigenvalue weighted by Gasteiger charge is 2.31. The molecule has 0 bridgehead atoms. The molecule has 1 aliphatic carbocycles. The second kappa shape index (κ2) is 4.43. The number of rotatable bonds is 3. The lowest BCUT2D eigenvalue weighted by Gasteiger charge is -2.39. The Labute approximate surface area is 82.5 Å². The van der Waals surface area contributed by atoms with Crippen LogP contribution in [0.25, 0.3) is 0 Å². The van der Waals surface area contributed by atoms with Gasteiger partial charge in [0.2, 0.25) is 0 Å². The molecule has 0 spiro atoms. The summed E-state index contributed by atoms with van der Waals surface area (Å²) in [6.45, 7) is 6.68. The fourth-order valence-corrected chi connectivity index (χ4v) is 2.49. The number of likely N-dealkylation sites (N-methyl/N-ethyl adjacent to an activating group) is 1. The molecular formula is C11H24N2. The van der Waals surface area contributed by atoms with E-state index in [1.54, 1.807) is 0 Å².